The molecule has 0 radical (unpaired) electrons. The van der Waals surface area contributed by atoms with Crippen molar-refractivity contribution in [2.24, 2.45) is 0 Å². The Hall–Kier alpha value is -2.10. The SMILES string of the molecule is CNc1ccnc(Cn2ccccc2=O)c1. The quantitative estimate of drug-likeness (QED) is 0.840. The monoisotopic (exact) mass is 215 g/mol. The Morgan fingerprint density at radius 1 is 1.38 bits per heavy atom. The third-order valence-electron chi connectivity index (χ3n) is 2.34. The molecule has 0 aliphatic carbocycles. The molecule has 4 heteroatoms. The summed E-state index contributed by atoms with van der Waals surface area (Å²) in [6.07, 6.45) is 3.49. The molecule has 0 spiro atoms. The summed E-state index contributed by atoms with van der Waals surface area (Å²) in [5.41, 5.74) is 1.84. The Morgan fingerprint density at radius 2 is 2.25 bits per heavy atom. The molecule has 0 unspecified atom stereocenters. The standard InChI is InChI=1S/C12H13N3O/c1-13-10-5-6-14-11(8-10)9-15-7-3-2-4-12(15)16/h2-8H,9H2,1H3,(H,13,14). The number of hydrogen-bond donors (Lipinski definition) is 1. The molecule has 2 aromatic rings. The van der Waals surface area contributed by atoms with Gasteiger partial charge in [0.25, 0.3) is 5.56 Å². The van der Waals surface area contributed by atoms with Crippen molar-refractivity contribution in [3.05, 3.63) is 58.8 Å². The largest absolute Gasteiger partial charge is 0.388 e. The van der Waals surface area contributed by atoms with E-state index in [0.717, 1.165) is 11.4 Å². The second kappa shape index (κ2) is 4.61. The summed E-state index contributed by atoms with van der Waals surface area (Å²) < 4.78 is 1.63. The van der Waals surface area contributed by atoms with Crippen molar-refractivity contribution in [3.8, 4) is 0 Å². The van der Waals surface area contributed by atoms with Crippen LogP contribution in [0.1, 0.15) is 5.69 Å². The highest BCUT2D eigenvalue weighted by Gasteiger charge is 1.98. The highest BCUT2D eigenvalue weighted by molar-refractivity contribution is 5.42. The van der Waals surface area contributed by atoms with Crippen molar-refractivity contribution in [1.29, 1.82) is 0 Å². The third kappa shape index (κ3) is 2.28. The van der Waals surface area contributed by atoms with Crippen LogP contribution >= 0.6 is 0 Å². The van der Waals surface area contributed by atoms with E-state index in [9.17, 15) is 4.79 Å². The molecular formula is C12H13N3O. The molecule has 2 heterocycles. The van der Waals surface area contributed by atoms with Crippen LogP contribution in [0.15, 0.2) is 47.5 Å². The number of nitrogens with zero attached hydrogens (tertiary/aromatic N) is 2. The first kappa shape index (κ1) is 10.4. The molecule has 1 N–H and O–H groups in total. The first-order chi connectivity index (χ1) is 7.79. The predicted octanol–water partition coefficient (Wildman–Crippen LogP) is 1.33. The molecule has 0 bridgehead atoms. The van der Waals surface area contributed by atoms with Crippen molar-refractivity contribution in [1.82, 2.24) is 9.55 Å². The summed E-state index contributed by atoms with van der Waals surface area (Å²) >= 11 is 0. The fourth-order valence-electron chi connectivity index (χ4n) is 1.49. The van der Waals surface area contributed by atoms with Gasteiger partial charge in [0.2, 0.25) is 0 Å². The average molecular weight is 215 g/mol. The molecule has 0 fully saturated rings. The Labute approximate surface area is 93.6 Å². The second-order valence-corrected chi connectivity index (χ2v) is 3.45. The maximum Gasteiger partial charge on any atom is 0.250 e. The van der Waals surface area contributed by atoms with Crippen LogP contribution in [0.4, 0.5) is 5.69 Å². The maximum absolute atomic E-state index is 11.5. The smallest absolute Gasteiger partial charge is 0.250 e. The van der Waals surface area contributed by atoms with Crippen molar-refractivity contribution in [2.75, 3.05) is 12.4 Å². The number of nitrogens with one attached hydrogen (secondary N) is 1. The highest BCUT2D eigenvalue weighted by atomic mass is 16.1. The number of aromatic nitrogens is 2. The molecule has 0 saturated carbocycles. The Kier molecular flexibility index (Phi) is 3.00. The summed E-state index contributed by atoms with van der Waals surface area (Å²) in [5, 5.41) is 3.04. The topological polar surface area (TPSA) is 46.9 Å². The van der Waals surface area contributed by atoms with E-state index in [-0.39, 0.29) is 5.56 Å². The molecule has 0 atom stereocenters. The first-order valence-electron chi connectivity index (χ1n) is 5.08. The molecule has 4 nitrogen and oxygen atoms in total. The lowest BCUT2D eigenvalue weighted by atomic mass is 10.3. The summed E-state index contributed by atoms with van der Waals surface area (Å²) in [6.45, 7) is 0.495. The van der Waals surface area contributed by atoms with Gasteiger partial charge in [-0.25, -0.2) is 0 Å². The Morgan fingerprint density at radius 3 is 3.00 bits per heavy atom. The van der Waals surface area contributed by atoms with Crippen LogP contribution in [-0.2, 0) is 6.54 Å². The van der Waals surface area contributed by atoms with Crippen LogP contribution in [0.2, 0.25) is 0 Å². The molecule has 0 aliphatic rings. The molecular weight excluding hydrogens is 202 g/mol. The minimum Gasteiger partial charge on any atom is -0.388 e. The van der Waals surface area contributed by atoms with Crippen LogP contribution in [0.5, 0.6) is 0 Å². The van der Waals surface area contributed by atoms with Crippen LogP contribution < -0.4 is 10.9 Å². The molecule has 16 heavy (non-hydrogen) atoms. The number of hydrogen-bond acceptors (Lipinski definition) is 3. The molecule has 0 saturated heterocycles. The minimum atomic E-state index is -0.0147. The third-order valence-corrected chi connectivity index (χ3v) is 2.34. The first-order valence-corrected chi connectivity index (χ1v) is 5.08. The average Bonchev–Trinajstić information content (AvgIpc) is 2.32. The normalized spacial score (nSPS) is 10.1. The zero-order valence-corrected chi connectivity index (χ0v) is 9.05. The van der Waals surface area contributed by atoms with E-state index >= 15 is 0 Å². The Bertz CT molecular complexity index is 534. The van der Waals surface area contributed by atoms with E-state index in [1.54, 1.807) is 29.1 Å². The summed E-state index contributed by atoms with van der Waals surface area (Å²) in [6, 6.07) is 8.93. The van der Waals surface area contributed by atoms with Crippen LogP contribution in [-0.4, -0.2) is 16.6 Å². The van der Waals surface area contributed by atoms with Gasteiger partial charge in [-0.3, -0.25) is 9.78 Å². The van der Waals surface area contributed by atoms with Gasteiger partial charge < -0.3 is 9.88 Å². The highest BCUT2D eigenvalue weighted by Crippen LogP contribution is 2.07. The minimum absolute atomic E-state index is 0.0147. The lowest BCUT2D eigenvalue weighted by Crippen LogP contribution is -2.18. The van der Waals surface area contributed by atoms with Crippen LogP contribution in [0.3, 0.4) is 0 Å². The van der Waals surface area contributed by atoms with Crippen molar-refractivity contribution < 1.29 is 0 Å². The van der Waals surface area contributed by atoms with E-state index in [0.29, 0.717) is 6.54 Å². The maximum atomic E-state index is 11.5. The zero-order chi connectivity index (χ0) is 11.4. The summed E-state index contributed by atoms with van der Waals surface area (Å²) in [5.74, 6) is 0. The van der Waals surface area contributed by atoms with E-state index in [2.05, 4.69) is 10.3 Å². The van der Waals surface area contributed by atoms with Gasteiger partial charge in [0.1, 0.15) is 0 Å². The number of pyridine rings is 2. The van der Waals surface area contributed by atoms with Crippen molar-refractivity contribution in [2.45, 2.75) is 6.54 Å². The van der Waals surface area contributed by atoms with E-state index < -0.39 is 0 Å². The van der Waals surface area contributed by atoms with Crippen LogP contribution in [0, 0.1) is 0 Å². The van der Waals surface area contributed by atoms with Gasteiger partial charge in [-0.1, -0.05) is 6.07 Å². The van der Waals surface area contributed by atoms with Gasteiger partial charge >= 0.3 is 0 Å². The van der Waals surface area contributed by atoms with Gasteiger partial charge in [0.05, 0.1) is 12.2 Å². The molecule has 0 amide bonds. The van der Waals surface area contributed by atoms with Gasteiger partial charge in [-0.05, 0) is 18.2 Å². The lowest BCUT2D eigenvalue weighted by Gasteiger charge is -2.06. The predicted molar refractivity (Wildman–Crippen MR) is 63.6 cm³/mol. The molecule has 0 aliphatic heterocycles. The Balaban J connectivity index is 2.27. The molecule has 2 rings (SSSR count). The molecule has 82 valence electrons. The second-order valence-electron chi connectivity index (χ2n) is 3.45. The number of anilines is 1. The van der Waals surface area contributed by atoms with Gasteiger partial charge in [-0.15, -0.1) is 0 Å². The van der Waals surface area contributed by atoms with Crippen molar-refractivity contribution >= 4 is 5.69 Å². The van der Waals surface area contributed by atoms with E-state index in [1.165, 1.54) is 0 Å². The fourth-order valence-corrected chi connectivity index (χ4v) is 1.49. The van der Waals surface area contributed by atoms with E-state index in [4.69, 9.17) is 0 Å². The molecule has 2 aromatic heterocycles. The lowest BCUT2D eigenvalue weighted by molar-refractivity contribution is 0.740. The number of rotatable bonds is 3. The van der Waals surface area contributed by atoms with Gasteiger partial charge in [-0.2, -0.15) is 0 Å². The van der Waals surface area contributed by atoms with Crippen molar-refractivity contribution in [3.63, 3.8) is 0 Å². The summed E-state index contributed by atoms with van der Waals surface area (Å²) in [7, 11) is 1.85. The van der Waals surface area contributed by atoms with E-state index in [1.807, 2.05) is 25.2 Å². The van der Waals surface area contributed by atoms with Gasteiger partial charge in [0, 0.05) is 31.2 Å². The van der Waals surface area contributed by atoms with Gasteiger partial charge in [0.15, 0.2) is 0 Å². The zero-order valence-electron chi connectivity index (χ0n) is 9.05. The van der Waals surface area contributed by atoms with Crippen LogP contribution in [0.25, 0.3) is 0 Å². The fraction of sp³-hybridized carbons (Fsp3) is 0.167. The molecule has 0 aromatic carbocycles. The summed E-state index contributed by atoms with van der Waals surface area (Å²) in [4.78, 5) is 15.7.